The summed E-state index contributed by atoms with van der Waals surface area (Å²) in [6.45, 7) is 4.21. The van der Waals surface area contributed by atoms with E-state index in [0.29, 0.717) is 18.1 Å². The van der Waals surface area contributed by atoms with Gasteiger partial charge in [0.15, 0.2) is 18.1 Å². The average Bonchev–Trinajstić information content (AvgIpc) is 3.15. The van der Waals surface area contributed by atoms with E-state index in [2.05, 4.69) is 26.8 Å². The molecule has 1 unspecified atom stereocenters. The number of nitrogens with one attached hydrogen (secondary N) is 2. The molecule has 1 aliphatic heterocycles. The predicted octanol–water partition coefficient (Wildman–Crippen LogP) is 2.74. The van der Waals surface area contributed by atoms with Crippen molar-refractivity contribution < 1.29 is 23.9 Å². The van der Waals surface area contributed by atoms with E-state index in [4.69, 9.17) is 9.47 Å². The van der Waals surface area contributed by atoms with E-state index in [1.165, 1.54) is 0 Å². The zero-order valence-corrected chi connectivity index (χ0v) is 18.9. The number of carbonyl (C=O) groups is 3. The topological polar surface area (TPSA) is 97.0 Å². The molecular weight excluding hydrogens is 466 g/mol. The Bertz CT molecular complexity index is 981. The van der Waals surface area contributed by atoms with Gasteiger partial charge in [-0.25, -0.2) is 0 Å². The summed E-state index contributed by atoms with van der Waals surface area (Å²) in [7, 11) is 0. The Hall–Kier alpha value is -3.07. The van der Waals surface area contributed by atoms with E-state index in [9.17, 15) is 14.4 Å². The number of benzene rings is 2. The van der Waals surface area contributed by atoms with Crippen LogP contribution in [0.2, 0.25) is 0 Å². The minimum atomic E-state index is -0.559. The van der Waals surface area contributed by atoms with Crippen molar-refractivity contribution in [2.45, 2.75) is 20.3 Å². The lowest BCUT2D eigenvalue weighted by Crippen LogP contribution is -2.46. The number of halogens is 1. The van der Waals surface area contributed by atoms with Gasteiger partial charge in [-0.2, -0.15) is 0 Å². The second kappa shape index (κ2) is 10.3. The van der Waals surface area contributed by atoms with Gasteiger partial charge in [-0.1, -0.05) is 28.1 Å². The Balaban J connectivity index is 1.49. The third-order valence-electron chi connectivity index (χ3n) is 4.78. The monoisotopic (exact) mass is 489 g/mol. The highest BCUT2D eigenvalue weighted by Gasteiger charge is 2.35. The van der Waals surface area contributed by atoms with Crippen molar-refractivity contribution in [3.8, 4) is 11.5 Å². The van der Waals surface area contributed by atoms with E-state index in [0.717, 1.165) is 15.7 Å². The van der Waals surface area contributed by atoms with Gasteiger partial charge in [-0.15, -0.1) is 0 Å². The Morgan fingerprint density at radius 1 is 1.13 bits per heavy atom. The molecule has 0 aliphatic carbocycles. The van der Waals surface area contributed by atoms with Crippen LogP contribution in [0.15, 0.2) is 46.9 Å². The van der Waals surface area contributed by atoms with E-state index in [1.807, 2.05) is 32.0 Å². The number of ether oxygens (including phenoxy) is 2. The number of hydrogen-bond donors (Lipinski definition) is 2. The van der Waals surface area contributed by atoms with E-state index >= 15 is 0 Å². The summed E-state index contributed by atoms with van der Waals surface area (Å²) >= 11 is 3.44. The summed E-state index contributed by atoms with van der Waals surface area (Å²) in [6, 6.07) is 12.6. The highest BCUT2D eigenvalue weighted by atomic mass is 79.9. The first kappa shape index (κ1) is 22.6. The van der Waals surface area contributed by atoms with Crippen molar-refractivity contribution in [1.82, 2.24) is 10.9 Å². The zero-order chi connectivity index (χ0) is 22.4. The summed E-state index contributed by atoms with van der Waals surface area (Å²) in [5.41, 5.74) is 6.44. The van der Waals surface area contributed by atoms with Gasteiger partial charge in [-0.05, 0) is 49.7 Å². The van der Waals surface area contributed by atoms with Crippen LogP contribution in [0.4, 0.5) is 5.69 Å². The third-order valence-corrected chi connectivity index (χ3v) is 5.67. The number of hydrazine groups is 1. The van der Waals surface area contributed by atoms with Crippen molar-refractivity contribution in [2.24, 2.45) is 5.92 Å². The van der Waals surface area contributed by atoms with Gasteiger partial charge in [0, 0.05) is 23.1 Å². The molecule has 1 saturated heterocycles. The predicted molar refractivity (Wildman–Crippen MR) is 119 cm³/mol. The van der Waals surface area contributed by atoms with Gasteiger partial charge in [0.25, 0.3) is 5.91 Å². The molecule has 2 aromatic rings. The quantitative estimate of drug-likeness (QED) is 0.582. The second-order valence-corrected chi connectivity index (χ2v) is 7.90. The summed E-state index contributed by atoms with van der Waals surface area (Å²) in [5.74, 6) is -0.667. The molecule has 0 saturated carbocycles. The smallest absolute Gasteiger partial charge is 0.276 e. The van der Waals surface area contributed by atoms with E-state index in [-0.39, 0.29) is 25.5 Å². The fourth-order valence-electron chi connectivity index (χ4n) is 3.19. The van der Waals surface area contributed by atoms with Gasteiger partial charge < -0.3 is 14.4 Å². The van der Waals surface area contributed by atoms with Crippen LogP contribution in [0.5, 0.6) is 11.5 Å². The van der Waals surface area contributed by atoms with Gasteiger partial charge in [-0.3, -0.25) is 25.2 Å². The van der Waals surface area contributed by atoms with Crippen LogP contribution < -0.4 is 25.2 Å². The van der Waals surface area contributed by atoms with Crippen molar-refractivity contribution in [3.63, 3.8) is 0 Å². The van der Waals surface area contributed by atoms with E-state index in [1.54, 1.807) is 29.2 Å². The molecule has 1 atom stereocenters. The van der Waals surface area contributed by atoms with E-state index < -0.39 is 17.7 Å². The van der Waals surface area contributed by atoms with Crippen LogP contribution in [0.25, 0.3) is 0 Å². The largest absolute Gasteiger partial charge is 0.490 e. The Kier molecular flexibility index (Phi) is 7.51. The molecule has 8 nitrogen and oxygen atoms in total. The van der Waals surface area contributed by atoms with Crippen molar-refractivity contribution >= 4 is 39.3 Å². The van der Waals surface area contributed by atoms with Crippen LogP contribution in [0.3, 0.4) is 0 Å². The minimum Gasteiger partial charge on any atom is -0.490 e. The lowest BCUT2D eigenvalue weighted by Gasteiger charge is -2.18. The SMILES string of the molecule is CCOc1ccccc1OCC(=O)NNC(=O)C1CC(=O)N(c2ccc(Br)c(C)c2)C1. The maximum atomic E-state index is 12.4. The number of anilines is 1. The molecule has 1 heterocycles. The first-order valence-corrected chi connectivity index (χ1v) is 10.7. The molecular formula is C22H24BrN3O5. The Morgan fingerprint density at radius 3 is 2.52 bits per heavy atom. The average molecular weight is 490 g/mol. The molecule has 3 amide bonds. The molecule has 31 heavy (non-hydrogen) atoms. The van der Waals surface area contributed by atoms with Crippen LogP contribution in [-0.2, 0) is 14.4 Å². The number of rotatable bonds is 7. The standard InChI is InChI=1S/C22H24BrN3O5/c1-3-30-18-6-4-5-7-19(18)31-13-20(27)24-25-22(29)15-11-21(28)26(12-15)16-8-9-17(23)14(2)10-16/h4-10,15H,3,11-13H2,1-2H3,(H,24,27)(H,25,29). The molecule has 2 N–H and O–H groups in total. The fraction of sp³-hybridized carbons (Fsp3) is 0.318. The first-order chi connectivity index (χ1) is 14.9. The van der Waals surface area contributed by atoms with Gasteiger partial charge in [0.2, 0.25) is 11.8 Å². The maximum Gasteiger partial charge on any atom is 0.276 e. The molecule has 1 fully saturated rings. The number of hydrogen-bond acceptors (Lipinski definition) is 5. The number of nitrogens with zero attached hydrogens (tertiary/aromatic N) is 1. The minimum absolute atomic E-state index is 0.0784. The van der Waals surface area contributed by atoms with Crippen LogP contribution in [0.1, 0.15) is 18.9 Å². The number of para-hydroxylation sites is 2. The summed E-state index contributed by atoms with van der Waals surface area (Å²) in [4.78, 5) is 38.5. The highest BCUT2D eigenvalue weighted by molar-refractivity contribution is 9.10. The van der Waals surface area contributed by atoms with Gasteiger partial charge in [0.1, 0.15) is 0 Å². The maximum absolute atomic E-state index is 12.4. The Morgan fingerprint density at radius 2 is 1.84 bits per heavy atom. The molecule has 2 aromatic carbocycles. The highest BCUT2D eigenvalue weighted by Crippen LogP contribution is 2.29. The van der Waals surface area contributed by atoms with Crippen molar-refractivity contribution in [3.05, 3.63) is 52.5 Å². The third kappa shape index (κ3) is 5.75. The summed E-state index contributed by atoms with van der Waals surface area (Å²) in [6.07, 6.45) is 0.0784. The van der Waals surface area contributed by atoms with Crippen LogP contribution in [0, 0.1) is 12.8 Å². The first-order valence-electron chi connectivity index (χ1n) is 9.89. The second-order valence-electron chi connectivity index (χ2n) is 7.04. The molecule has 0 bridgehead atoms. The number of amides is 3. The molecule has 3 rings (SSSR count). The van der Waals surface area contributed by atoms with Gasteiger partial charge >= 0.3 is 0 Å². The fourth-order valence-corrected chi connectivity index (χ4v) is 3.43. The zero-order valence-electron chi connectivity index (χ0n) is 17.3. The van der Waals surface area contributed by atoms with Crippen molar-refractivity contribution in [1.29, 1.82) is 0 Å². The molecule has 1 aliphatic rings. The number of carbonyl (C=O) groups excluding carboxylic acids is 3. The normalized spacial score (nSPS) is 15.5. The lowest BCUT2D eigenvalue weighted by molar-refractivity contribution is -0.132. The van der Waals surface area contributed by atoms with Crippen molar-refractivity contribution in [2.75, 3.05) is 24.7 Å². The Labute approximate surface area is 189 Å². The molecule has 0 radical (unpaired) electrons. The van der Waals surface area contributed by atoms with Gasteiger partial charge in [0.05, 0.1) is 12.5 Å². The summed E-state index contributed by atoms with van der Waals surface area (Å²) < 4.78 is 11.9. The molecule has 0 aromatic heterocycles. The van der Waals surface area contributed by atoms with Crippen LogP contribution >= 0.6 is 15.9 Å². The molecule has 164 valence electrons. The number of aryl methyl sites for hydroxylation is 1. The molecule has 0 spiro atoms. The lowest BCUT2D eigenvalue weighted by atomic mass is 10.1. The summed E-state index contributed by atoms with van der Waals surface area (Å²) in [5, 5.41) is 0. The van der Waals surface area contributed by atoms with Crippen LogP contribution in [-0.4, -0.2) is 37.5 Å². The molecule has 9 heteroatoms.